The van der Waals surface area contributed by atoms with E-state index < -0.39 is 17.5 Å². The molecule has 1 atom stereocenters. The number of carboxylic acid groups (broad SMARTS) is 1. The summed E-state index contributed by atoms with van der Waals surface area (Å²) in [6.45, 7) is 4.97. The number of aryl methyl sites for hydroxylation is 2. The van der Waals surface area contributed by atoms with Gasteiger partial charge in [-0.1, -0.05) is 6.07 Å². The maximum absolute atomic E-state index is 12.9. The summed E-state index contributed by atoms with van der Waals surface area (Å²) in [5, 5.41) is 11.3. The molecular formula is C18H15O6-. The lowest BCUT2D eigenvalue weighted by Crippen LogP contribution is -2.38. The van der Waals surface area contributed by atoms with Gasteiger partial charge in [0.2, 0.25) is 16.9 Å². The molecule has 0 aliphatic rings. The second-order valence-electron chi connectivity index (χ2n) is 5.60. The van der Waals surface area contributed by atoms with Crippen molar-refractivity contribution in [2.75, 3.05) is 0 Å². The Morgan fingerprint density at radius 1 is 1.29 bits per heavy atom. The summed E-state index contributed by atoms with van der Waals surface area (Å²) in [5.41, 5.74) is 1.62. The van der Waals surface area contributed by atoms with Crippen LogP contribution in [0.5, 0.6) is 5.75 Å². The topological polar surface area (TPSA) is 92.7 Å². The number of carboxylic acids is 1. The molecule has 0 spiro atoms. The fraction of sp³-hybridized carbons (Fsp3) is 0.222. The standard InChI is InChI=1S/C18H16O6/c1-9-7-10(2)15-12(8-9)14(19)17(23-11(3)18(20)21)16(24-15)13-5-4-6-22-13/h4-8,11H,1-3H3,(H,20,21)/p-1/t11-/m0/s1. The van der Waals surface area contributed by atoms with Crippen LogP contribution < -0.4 is 15.3 Å². The average Bonchev–Trinajstić information content (AvgIpc) is 3.04. The van der Waals surface area contributed by atoms with E-state index in [1.54, 1.807) is 18.2 Å². The van der Waals surface area contributed by atoms with Crippen molar-refractivity contribution in [1.29, 1.82) is 0 Å². The van der Waals surface area contributed by atoms with Gasteiger partial charge in [0.25, 0.3) is 0 Å². The van der Waals surface area contributed by atoms with Gasteiger partial charge in [-0.2, -0.15) is 0 Å². The first-order valence-electron chi connectivity index (χ1n) is 7.38. The summed E-state index contributed by atoms with van der Waals surface area (Å²) >= 11 is 0. The van der Waals surface area contributed by atoms with Gasteiger partial charge in [0, 0.05) is 0 Å². The first-order chi connectivity index (χ1) is 11.4. The van der Waals surface area contributed by atoms with E-state index in [2.05, 4.69) is 0 Å². The van der Waals surface area contributed by atoms with E-state index in [0.717, 1.165) is 11.1 Å². The number of carbonyl (C=O) groups excluding carboxylic acids is 1. The number of fused-ring (bicyclic) bond motifs is 1. The van der Waals surface area contributed by atoms with E-state index in [1.807, 2.05) is 19.9 Å². The third-order valence-corrected chi connectivity index (χ3v) is 3.65. The Bertz CT molecular complexity index is 965. The first-order valence-corrected chi connectivity index (χ1v) is 7.38. The highest BCUT2D eigenvalue weighted by Gasteiger charge is 2.22. The molecule has 6 nitrogen and oxygen atoms in total. The Morgan fingerprint density at radius 2 is 2.04 bits per heavy atom. The lowest BCUT2D eigenvalue weighted by Gasteiger charge is -2.17. The highest BCUT2D eigenvalue weighted by Crippen LogP contribution is 2.33. The van der Waals surface area contributed by atoms with Crippen molar-refractivity contribution in [2.24, 2.45) is 0 Å². The third kappa shape index (κ3) is 2.67. The van der Waals surface area contributed by atoms with Crippen LogP contribution in [0.1, 0.15) is 18.1 Å². The lowest BCUT2D eigenvalue weighted by atomic mass is 10.1. The fourth-order valence-electron chi connectivity index (χ4n) is 2.53. The molecule has 2 aromatic heterocycles. The van der Waals surface area contributed by atoms with Crippen molar-refractivity contribution in [2.45, 2.75) is 26.9 Å². The van der Waals surface area contributed by atoms with Crippen molar-refractivity contribution in [3.05, 3.63) is 51.9 Å². The van der Waals surface area contributed by atoms with Gasteiger partial charge in [-0.15, -0.1) is 0 Å². The molecule has 0 N–H and O–H groups in total. The van der Waals surface area contributed by atoms with Crippen LogP contribution in [0.2, 0.25) is 0 Å². The molecule has 2 heterocycles. The van der Waals surface area contributed by atoms with Crippen LogP contribution in [0.4, 0.5) is 0 Å². The molecule has 0 unspecified atom stereocenters. The Balaban J connectivity index is 2.34. The van der Waals surface area contributed by atoms with Gasteiger partial charge in [0.05, 0.1) is 17.6 Å². The van der Waals surface area contributed by atoms with Crippen molar-refractivity contribution in [3.8, 4) is 17.3 Å². The van der Waals surface area contributed by atoms with Crippen molar-refractivity contribution >= 4 is 16.9 Å². The van der Waals surface area contributed by atoms with Crippen molar-refractivity contribution in [1.82, 2.24) is 0 Å². The van der Waals surface area contributed by atoms with Gasteiger partial charge in [0.1, 0.15) is 11.7 Å². The number of hydrogen-bond donors (Lipinski definition) is 0. The van der Waals surface area contributed by atoms with E-state index in [4.69, 9.17) is 13.6 Å². The van der Waals surface area contributed by atoms with Crippen LogP contribution >= 0.6 is 0 Å². The number of rotatable bonds is 4. The number of aliphatic carboxylic acids is 1. The van der Waals surface area contributed by atoms with Gasteiger partial charge >= 0.3 is 0 Å². The van der Waals surface area contributed by atoms with E-state index in [1.165, 1.54) is 13.2 Å². The zero-order chi connectivity index (χ0) is 17.4. The molecule has 0 amide bonds. The molecule has 24 heavy (non-hydrogen) atoms. The molecule has 1 aromatic carbocycles. The van der Waals surface area contributed by atoms with E-state index in [-0.39, 0.29) is 17.3 Å². The number of carbonyl (C=O) groups is 1. The van der Waals surface area contributed by atoms with Crippen LogP contribution in [-0.2, 0) is 4.79 Å². The Labute approximate surface area is 137 Å². The summed E-state index contributed by atoms with van der Waals surface area (Å²) < 4.78 is 16.5. The summed E-state index contributed by atoms with van der Waals surface area (Å²) in [7, 11) is 0. The maximum Gasteiger partial charge on any atom is 0.235 e. The van der Waals surface area contributed by atoms with Crippen molar-refractivity contribution < 1.29 is 23.5 Å². The number of furan rings is 1. The maximum atomic E-state index is 12.9. The summed E-state index contributed by atoms with van der Waals surface area (Å²) in [6.07, 6.45) is 0.109. The summed E-state index contributed by atoms with van der Waals surface area (Å²) in [5.74, 6) is -1.31. The second kappa shape index (κ2) is 5.88. The fourth-order valence-corrected chi connectivity index (χ4v) is 2.53. The van der Waals surface area contributed by atoms with Gasteiger partial charge in [-0.25, -0.2) is 0 Å². The Hall–Kier alpha value is -3.02. The molecule has 3 rings (SSSR count). The molecule has 0 aliphatic carbocycles. The quantitative estimate of drug-likeness (QED) is 0.729. The molecule has 0 saturated carbocycles. The van der Waals surface area contributed by atoms with E-state index >= 15 is 0 Å². The van der Waals surface area contributed by atoms with Gasteiger partial charge < -0.3 is 23.5 Å². The molecule has 0 saturated heterocycles. The highest BCUT2D eigenvalue weighted by atomic mass is 16.5. The molecular weight excluding hydrogens is 312 g/mol. The zero-order valence-electron chi connectivity index (χ0n) is 13.4. The highest BCUT2D eigenvalue weighted by molar-refractivity contribution is 5.84. The summed E-state index contributed by atoms with van der Waals surface area (Å²) in [6, 6.07) is 6.80. The molecule has 124 valence electrons. The molecule has 0 fully saturated rings. The van der Waals surface area contributed by atoms with Crippen LogP contribution in [0, 0.1) is 13.8 Å². The zero-order valence-corrected chi connectivity index (χ0v) is 13.4. The second-order valence-corrected chi connectivity index (χ2v) is 5.60. The van der Waals surface area contributed by atoms with Crippen LogP contribution in [-0.4, -0.2) is 12.1 Å². The lowest BCUT2D eigenvalue weighted by molar-refractivity contribution is -0.312. The Kier molecular flexibility index (Phi) is 3.89. The van der Waals surface area contributed by atoms with Crippen LogP contribution in [0.25, 0.3) is 22.5 Å². The molecule has 3 aromatic rings. The molecule has 0 radical (unpaired) electrons. The largest absolute Gasteiger partial charge is 0.546 e. The number of ether oxygens (including phenoxy) is 1. The monoisotopic (exact) mass is 327 g/mol. The predicted molar refractivity (Wildman–Crippen MR) is 84.8 cm³/mol. The minimum Gasteiger partial charge on any atom is -0.546 e. The third-order valence-electron chi connectivity index (χ3n) is 3.65. The predicted octanol–water partition coefficient (Wildman–Crippen LogP) is 2.19. The average molecular weight is 327 g/mol. The number of benzene rings is 1. The molecule has 0 bridgehead atoms. The van der Waals surface area contributed by atoms with Crippen LogP contribution in [0.3, 0.4) is 0 Å². The minimum atomic E-state index is -1.43. The minimum absolute atomic E-state index is 0.0533. The van der Waals surface area contributed by atoms with Gasteiger partial charge in [-0.05, 0) is 50.1 Å². The normalized spacial score (nSPS) is 12.3. The van der Waals surface area contributed by atoms with E-state index in [9.17, 15) is 14.7 Å². The van der Waals surface area contributed by atoms with Crippen LogP contribution in [0.15, 0.2) is 44.2 Å². The molecule has 6 heteroatoms. The van der Waals surface area contributed by atoms with Crippen molar-refractivity contribution in [3.63, 3.8) is 0 Å². The molecule has 0 aliphatic heterocycles. The number of hydrogen-bond acceptors (Lipinski definition) is 6. The Morgan fingerprint density at radius 3 is 2.67 bits per heavy atom. The summed E-state index contributed by atoms with van der Waals surface area (Å²) in [4.78, 5) is 23.9. The first kappa shape index (κ1) is 15.9. The smallest absolute Gasteiger partial charge is 0.235 e. The van der Waals surface area contributed by atoms with E-state index in [0.29, 0.717) is 11.0 Å². The van der Waals surface area contributed by atoms with Gasteiger partial charge in [-0.3, -0.25) is 4.79 Å². The van der Waals surface area contributed by atoms with Gasteiger partial charge in [0.15, 0.2) is 5.76 Å². The SMILES string of the molecule is Cc1cc(C)c2oc(-c3ccco3)c(O[C@@H](C)C(=O)[O-])c(=O)c2c1.